The zero-order valence-electron chi connectivity index (χ0n) is 12.9. The zero-order valence-corrected chi connectivity index (χ0v) is 14.4. The fourth-order valence-corrected chi connectivity index (χ4v) is 3.69. The molecular formula is C15H24ClN3O2S. The minimum Gasteiger partial charge on any atom is -0.312 e. The van der Waals surface area contributed by atoms with Crippen LogP contribution in [0, 0.1) is 0 Å². The minimum atomic E-state index is -3.46. The predicted molar refractivity (Wildman–Crippen MR) is 90.1 cm³/mol. The van der Waals surface area contributed by atoms with Gasteiger partial charge in [0.1, 0.15) is 0 Å². The number of benzene rings is 1. The monoisotopic (exact) mass is 345 g/mol. The summed E-state index contributed by atoms with van der Waals surface area (Å²) in [6.07, 6.45) is 4.16. The van der Waals surface area contributed by atoms with Crippen LogP contribution in [0.1, 0.15) is 38.2 Å². The van der Waals surface area contributed by atoms with Gasteiger partial charge in [0.05, 0.1) is 0 Å². The summed E-state index contributed by atoms with van der Waals surface area (Å²) in [5, 5.41) is 4.12. The highest BCUT2D eigenvalue weighted by Gasteiger charge is 2.27. The first-order chi connectivity index (χ1) is 10.4. The van der Waals surface area contributed by atoms with E-state index in [1.54, 1.807) is 24.3 Å². The van der Waals surface area contributed by atoms with E-state index in [0.29, 0.717) is 11.6 Å². The van der Waals surface area contributed by atoms with Crippen molar-refractivity contribution < 1.29 is 8.42 Å². The van der Waals surface area contributed by atoms with Crippen LogP contribution in [0.4, 0.5) is 0 Å². The van der Waals surface area contributed by atoms with Gasteiger partial charge in [-0.15, -0.1) is 0 Å². The quantitative estimate of drug-likeness (QED) is 0.632. The Morgan fingerprint density at radius 2 is 2.00 bits per heavy atom. The van der Waals surface area contributed by atoms with E-state index in [1.807, 2.05) is 0 Å². The van der Waals surface area contributed by atoms with Gasteiger partial charge in [0.25, 0.3) is 10.2 Å². The van der Waals surface area contributed by atoms with Crippen LogP contribution in [0.3, 0.4) is 0 Å². The Morgan fingerprint density at radius 3 is 2.64 bits per heavy atom. The van der Waals surface area contributed by atoms with E-state index < -0.39 is 10.2 Å². The van der Waals surface area contributed by atoms with Crippen molar-refractivity contribution in [1.82, 2.24) is 14.8 Å². The molecule has 22 heavy (non-hydrogen) atoms. The maximum atomic E-state index is 11.9. The van der Waals surface area contributed by atoms with Crippen molar-refractivity contribution >= 4 is 21.8 Å². The lowest BCUT2D eigenvalue weighted by molar-refractivity contribution is 0.373. The van der Waals surface area contributed by atoms with Crippen molar-refractivity contribution in [3.63, 3.8) is 0 Å². The molecule has 0 saturated carbocycles. The van der Waals surface area contributed by atoms with E-state index in [1.165, 1.54) is 6.42 Å². The van der Waals surface area contributed by atoms with Gasteiger partial charge in [-0.1, -0.05) is 23.7 Å². The van der Waals surface area contributed by atoms with Gasteiger partial charge in [-0.25, -0.2) is 4.72 Å². The molecule has 0 aromatic heterocycles. The highest BCUT2D eigenvalue weighted by Crippen LogP contribution is 2.23. The van der Waals surface area contributed by atoms with E-state index in [9.17, 15) is 8.42 Å². The van der Waals surface area contributed by atoms with Crippen molar-refractivity contribution in [3.8, 4) is 0 Å². The topological polar surface area (TPSA) is 70.2 Å². The van der Waals surface area contributed by atoms with Gasteiger partial charge >= 0.3 is 0 Å². The maximum Gasteiger partial charge on any atom is 0.277 e. The van der Waals surface area contributed by atoms with Gasteiger partial charge < -0.3 is 5.32 Å². The molecule has 2 rings (SSSR count). The van der Waals surface area contributed by atoms with Crippen LogP contribution >= 0.6 is 11.6 Å². The molecule has 1 atom stereocenters. The standard InChI is InChI=1S/C15H24ClN3O2S/c1-15(8-2-10-17-15)9-3-11-18-22(20,21)19-12-13-4-6-14(16)7-5-13/h4-7,17-19H,2-3,8-12H2,1H3/t15-/m0/s1. The Kier molecular flexibility index (Phi) is 6.23. The highest BCUT2D eigenvalue weighted by atomic mass is 35.5. The van der Waals surface area contributed by atoms with Gasteiger partial charge in [-0.05, 0) is 56.8 Å². The van der Waals surface area contributed by atoms with Crippen LogP contribution < -0.4 is 14.8 Å². The number of nitrogens with one attached hydrogen (secondary N) is 3. The smallest absolute Gasteiger partial charge is 0.277 e. The summed E-state index contributed by atoms with van der Waals surface area (Å²) in [5.41, 5.74) is 1.04. The molecule has 5 nitrogen and oxygen atoms in total. The molecule has 1 heterocycles. The lowest BCUT2D eigenvalue weighted by Crippen LogP contribution is -2.39. The van der Waals surface area contributed by atoms with Crippen LogP contribution in [0.5, 0.6) is 0 Å². The maximum absolute atomic E-state index is 11.9. The third-order valence-electron chi connectivity index (χ3n) is 4.03. The number of halogens is 1. The van der Waals surface area contributed by atoms with Crippen molar-refractivity contribution in [2.24, 2.45) is 0 Å². The zero-order chi connectivity index (χ0) is 16.1. The average Bonchev–Trinajstić information content (AvgIpc) is 2.90. The van der Waals surface area contributed by atoms with E-state index in [-0.39, 0.29) is 12.1 Å². The Labute approximate surface area is 138 Å². The summed E-state index contributed by atoms with van der Waals surface area (Å²) in [4.78, 5) is 0. The van der Waals surface area contributed by atoms with Crippen LogP contribution in [0.2, 0.25) is 5.02 Å². The van der Waals surface area contributed by atoms with Crippen molar-refractivity contribution in [1.29, 1.82) is 0 Å². The molecule has 124 valence electrons. The molecule has 3 N–H and O–H groups in total. The molecule has 1 fully saturated rings. The Balaban J connectivity index is 1.68. The summed E-state index contributed by atoms with van der Waals surface area (Å²) in [5.74, 6) is 0. The Morgan fingerprint density at radius 1 is 1.27 bits per heavy atom. The molecule has 0 bridgehead atoms. The molecule has 1 aliphatic heterocycles. The van der Waals surface area contributed by atoms with Gasteiger partial charge in [0, 0.05) is 23.7 Å². The third kappa shape index (κ3) is 5.85. The number of hydrogen-bond acceptors (Lipinski definition) is 3. The van der Waals surface area contributed by atoms with E-state index in [2.05, 4.69) is 21.7 Å². The van der Waals surface area contributed by atoms with Gasteiger partial charge in [0.15, 0.2) is 0 Å². The SMILES string of the molecule is C[C@@]1(CCCNS(=O)(=O)NCc2ccc(Cl)cc2)CCCN1. The largest absolute Gasteiger partial charge is 0.312 e. The molecule has 0 radical (unpaired) electrons. The normalized spacial score (nSPS) is 22.1. The molecule has 1 saturated heterocycles. The second-order valence-electron chi connectivity index (χ2n) is 6.04. The van der Waals surface area contributed by atoms with E-state index >= 15 is 0 Å². The molecule has 0 aliphatic carbocycles. The molecule has 1 aromatic rings. The highest BCUT2D eigenvalue weighted by molar-refractivity contribution is 7.87. The van der Waals surface area contributed by atoms with Crippen LogP contribution in [-0.2, 0) is 16.8 Å². The molecule has 7 heteroatoms. The molecule has 0 unspecified atom stereocenters. The van der Waals surface area contributed by atoms with E-state index in [4.69, 9.17) is 11.6 Å². The summed E-state index contributed by atoms with van der Waals surface area (Å²) >= 11 is 5.80. The van der Waals surface area contributed by atoms with Crippen molar-refractivity contribution in [3.05, 3.63) is 34.9 Å². The van der Waals surface area contributed by atoms with Gasteiger partial charge in [0.2, 0.25) is 0 Å². The van der Waals surface area contributed by atoms with Crippen molar-refractivity contribution in [2.75, 3.05) is 13.1 Å². The number of hydrogen-bond donors (Lipinski definition) is 3. The summed E-state index contributed by atoms with van der Waals surface area (Å²) in [7, 11) is -3.46. The first-order valence-corrected chi connectivity index (χ1v) is 9.48. The fourth-order valence-electron chi connectivity index (χ4n) is 2.69. The second-order valence-corrected chi connectivity index (χ2v) is 8.06. The van der Waals surface area contributed by atoms with E-state index in [0.717, 1.165) is 31.4 Å². The Hall–Kier alpha value is -0.660. The Bertz CT molecular complexity index is 569. The van der Waals surface area contributed by atoms with Gasteiger partial charge in [-0.2, -0.15) is 13.1 Å². The number of rotatable bonds is 8. The fraction of sp³-hybridized carbons (Fsp3) is 0.600. The second kappa shape index (κ2) is 7.75. The van der Waals surface area contributed by atoms with Crippen LogP contribution in [0.15, 0.2) is 24.3 Å². The summed E-state index contributed by atoms with van der Waals surface area (Å²) in [6.45, 7) is 3.97. The summed E-state index contributed by atoms with van der Waals surface area (Å²) < 4.78 is 28.9. The molecular weight excluding hydrogens is 322 g/mol. The molecule has 0 spiro atoms. The van der Waals surface area contributed by atoms with Crippen LogP contribution in [-0.4, -0.2) is 27.0 Å². The minimum absolute atomic E-state index is 0.169. The molecule has 1 aromatic carbocycles. The lowest BCUT2D eigenvalue weighted by atomic mass is 9.94. The third-order valence-corrected chi connectivity index (χ3v) is 5.39. The molecule has 1 aliphatic rings. The predicted octanol–water partition coefficient (Wildman–Crippen LogP) is 2.19. The first kappa shape index (κ1) is 17.7. The lowest BCUT2D eigenvalue weighted by Gasteiger charge is -2.24. The molecule has 0 amide bonds. The average molecular weight is 346 g/mol. The van der Waals surface area contributed by atoms with Crippen LogP contribution in [0.25, 0.3) is 0 Å². The summed E-state index contributed by atoms with van der Waals surface area (Å²) in [6, 6.07) is 7.09. The van der Waals surface area contributed by atoms with Crippen molar-refractivity contribution in [2.45, 2.75) is 44.7 Å². The van der Waals surface area contributed by atoms with Gasteiger partial charge in [-0.3, -0.25) is 0 Å². The first-order valence-electron chi connectivity index (χ1n) is 7.62.